The van der Waals surface area contributed by atoms with Crippen molar-refractivity contribution >= 4 is 17.4 Å². The van der Waals surface area contributed by atoms with Gasteiger partial charge in [-0.15, -0.1) is 0 Å². The van der Waals surface area contributed by atoms with Crippen LogP contribution in [0.4, 0.5) is 0 Å². The van der Waals surface area contributed by atoms with E-state index in [9.17, 15) is 14.7 Å². The van der Waals surface area contributed by atoms with Crippen LogP contribution in [0, 0.1) is 6.92 Å². The van der Waals surface area contributed by atoms with Crippen LogP contribution in [0.15, 0.2) is 48.0 Å². The van der Waals surface area contributed by atoms with Crippen LogP contribution < -0.4 is 4.74 Å². The summed E-state index contributed by atoms with van der Waals surface area (Å²) < 4.78 is 5.27. The summed E-state index contributed by atoms with van der Waals surface area (Å²) in [6.07, 6.45) is 0. The first-order chi connectivity index (χ1) is 15.5. The zero-order valence-corrected chi connectivity index (χ0v) is 20.6. The fourth-order valence-corrected chi connectivity index (χ4v) is 4.04. The van der Waals surface area contributed by atoms with E-state index in [1.807, 2.05) is 56.3 Å². The predicted octanol–water partition coefficient (Wildman–Crippen LogP) is 4.28. The lowest BCUT2D eigenvalue weighted by Crippen LogP contribution is -2.35. The smallest absolute Gasteiger partial charge is 0.295 e. The average Bonchev–Trinajstić information content (AvgIpc) is 3.01. The summed E-state index contributed by atoms with van der Waals surface area (Å²) >= 11 is 0. The van der Waals surface area contributed by atoms with Crippen molar-refractivity contribution in [2.45, 2.75) is 39.2 Å². The van der Waals surface area contributed by atoms with Gasteiger partial charge in [-0.3, -0.25) is 9.59 Å². The van der Waals surface area contributed by atoms with Crippen LogP contribution in [0.25, 0.3) is 5.76 Å². The van der Waals surface area contributed by atoms with Crippen molar-refractivity contribution in [3.63, 3.8) is 0 Å². The van der Waals surface area contributed by atoms with E-state index in [-0.39, 0.29) is 16.7 Å². The number of ether oxygens (including phenoxy) is 1. The lowest BCUT2D eigenvalue weighted by Gasteiger charge is -2.27. The maximum absolute atomic E-state index is 13.2. The molecular formula is C27H34N2O4. The first-order valence-corrected chi connectivity index (χ1v) is 11.1. The number of aliphatic hydroxyl groups is 1. The molecule has 0 spiro atoms. The Labute approximate surface area is 196 Å². The number of amides is 1. The van der Waals surface area contributed by atoms with E-state index in [0.717, 1.165) is 16.7 Å². The Bertz CT molecular complexity index is 1080. The van der Waals surface area contributed by atoms with Gasteiger partial charge >= 0.3 is 0 Å². The van der Waals surface area contributed by atoms with E-state index in [1.54, 1.807) is 24.1 Å². The first kappa shape index (κ1) is 24.5. The number of rotatable bonds is 6. The van der Waals surface area contributed by atoms with Gasteiger partial charge < -0.3 is 19.6 Å². The highest BCUT2D eigenvalue weighted by Gasteiger charge is 2.46. The molecule has 1 atom stereocenters. The lowest BCUT2D eigenvalue weighted by atomic mass is 9.84. The molecule has 33 heavy (non-hydrogen) atoms. The number of aryl methyl sites for hydroxylation is 1. The van der Waals surface area contributed by atoms with Crippen molar-refractivity contribution in [3.05, 3.63) is 70.3 Å². The molecule has 1 N–H and O–H groups in total. The molecule has 6 nitrogen and oxygen atoms in total. The summed E-state index contributed by atoms with van der Waals surface area (Å²) in [5.41, 5.74) is 3.20. The fourth-order valence-electron chi connectivity index (χ4n) is 4.04. The fraction of sp³-hybridized carbons (Fsp3) is 0.407. The number of ketones is 1. The number of likely N-dealkylation sites (tertiary alicyclic amines) is 1. The van der Waals surface area contributed by atoms with Crippen molar-refractivity contribution in [2.75, 3.05) is 34.3 Å². The maximum atomic E-state index is 13.2. The standard InChI is InChI=1S/C27H34N2O4/c1-17-8-11-19(27(2,3)4)16-21(17)24(30)22-23(18-9-12-20(33-7)13-10-18)29(15-14-28(5)6)26(32)25(22)31/h8-13,16,23,30H,14-15H2,1-7H3/b24-22+. The molecule has 2 aromatic rings. The number of hydrogen-bond donors (Lipinski definition) is 1. The number of Topliss-reactive ketones (excluding diaryl/α,β-unsaturated/α-hetero) is 1. The van der Waals surface area contributed by atoms with E-state index in [2.05, 4.69) is 20.8 Å². The Morgan fingerprint density at radius 1 is 1.09 bits per heavy atom. The number of nitrogens with zero attached hydrogens (tertiary/aromatic N) is 2. The summed E-state index contributed by atoms with van der Waals surface area (Å²) in [6, 6.07) is 12.5. The van der Waals surface area contributed by atoms with E-state index in [0.29, 0.717) is 24.4 Å². The summed E-state index contributed by atoms with van der Waals surface area (Å²) in [4.78, 5) is 29.8. The predicted molar refractivity (Wildman–Crippen MR) is 130 cm³/mol. The lowest BCUT2D eigenvalue weighted by molar-refractivity contribution is -0.140. The average molecular weight is 451 g/mol. The molecule has 176 valence electrons. The molecule has 1 unspecified atom stereocenters. The van der Waals surface area contributed by atoms with Gasteiger partial charge in [0.2, 0.25) is 0 Å². The van der Waals surface area contributed by atoms with Crippen LogP contribution in [0.2, 0.25) is 0 Å². The van der Waals surface area contributed by atoms with Gasteiger partial charge in [0.1, 0.15) is 11.5 Å². The molecule has 1 aliphatic heterocycles. The van der Waals surface area contributed by atoms with Crippen LogP contribution in [0.5, 0.6) is 5.75 Å². The molecule has 0 aromatic heterocycles. The Morgan fingerprint density at radius 2 is 1.73 bits per heavy atom. The largest absolute Gasteiger partial charge is 0.507 e. The molecule has 1 aliphatic rings. The summed E-state index contributed by atoms with van der Waals surface area (Å²) in [5, 5.41) is 11.5. The number of methoxy groups -OCH3 is 1. The molecule has 0 aliphatic carbocycles. The quantitative estimate of drug-likeness (QED) is 0.404. The van der Waals surface area contributed by atoms with Gasteiger partial charge in [0, 0.05) is 18.7 Å². The summed E-state index contributed by atoms with van der Waals surface area (Å²) in [6.45, 7) is 9.15. The first-order valence-electron chi connectivity index (χ1n) is 11.1. The third-order valence-electron chi connectivity index (χ3n) is 6.12. The van der Waals surface area contributed by atoms with Crippen LogP contribution in [0.3, 0.4) is 0 Å². The number of hydrogen-bond acceptors (Lipinski definition) is 5. The minimum absolute atomic E-state index is 0.123. The topological polar surface area (TPSA) is 70.1 Å². The number of carbonyl (C=O) groups excluding carboxylic acids is 2. The summed E-state index contributed by atoms with van der Waals surface area (Å²) in [7, 11) is 5.42. The van der Waals surface area contributed by atoms with E-state index < -0.39 is 17.7 Å². The highest BCUT2D eigenvalue weighted by Crippen LogP contribution is 2.40. The third kappa shape index (κ3) is 4.96. The molecule has 0 radical (unpaired) electrons. The minimum Gasteiger partial charge on any atom is -0.507 e. The van der Waals surface area contributed by atoms with E-state index in [1.165, 1.54) is 0 Å². The van der Waals surface area contributed by atoms with Crippen molar-refractivity contribution in [1.29, 1.82) is 0 Å². The van der Waals surface area contributed by atoms with Gasteiger partial charge in [-0.1, -0.05) is 45.0 Å². The molecule has 0 saturated carbocycles. The highest BCUT2D eigenvalue weighted by molar-refractivity contribution is 6.46. The second-order valence-corrected chi connectivity index (χ2v) is 9.85. The molecule has 3 rings (SSSR count). The molecule has 1 heterocycles. The minimum atomic E-state index is -0.673. The summed E-state index contributed by atoms with van der Waals surface area (Å²) in [5.74, 6) is -0.709. The Balaban J connectivity index is 2.20. The second kappa shape index (κ2) is 9.40. The van der Waals surface area contributed by atoms with Gasteiger partial charge in [-0.2, -0.15) is 0 Å². The van der Waals surface area contributed by atoms with E-state index >= 15 is 0 Å². The van der Waals surface area contributed by atoms with Gasteiger partial charge in [0.05, 0.1) is 18.7 Å². The molecule has 1 fully saturated rings. The molecule has 2 aromatic carbocycles. The van der Waals surface area contributed by atoms with Crippen molar-refractivity contribution in [2.24, 2.45) is 0 Å². The second-order valence-electron chi connectivity index (χ2n) is 9.85. The number of benzene rings is 2. The van der Waals surface area contributed by atoms with Crippen molar-refractivity contribution < 1.29 is 19.4 Å². The van der Waals surface area contributed by atoms with Crippen LogP contribution in [-0.4, -0.2) is 60.9 Å². The Morgan fingerprint density at radius 3 is 2.27 bits per heavy atom. The maximum Gasteiger partial charge on any atom is 0.295 e. The third-order valence-corrected chi connectivity index (χ3v) is 6.12. The number of likely N-dealkylation sites (N-methyl/N-ethyl adjacent to an activating group) is 1. The molecule has 0 bridgehead atoms. The molecule has 6 heteroatoms. The Hall–Kier alpha value is -3.12. The highest BCUT2D eigenvalue weighted by atomic mass is 16.5. The van der Waals surface area contributed by atoms with Crippen LogP contribution >= 0.6 is 0 Å². The SMILES string of the molecule is COc1ccc(C2/C(=C(\O)c3cc(C(C)(C)C)ccc3C)C(=O)C(=O)N2CCN(C)C)cc1. The Kier molecular flexibility index (Phi) is 6.98. The van der Waals surface area contributed by atoms with Crippen LogP contribution in [0.1, 0.15) is 49.1 Å². The zero-order valence-electron chi connectivity index (χ0n) is 20.6. The van der Waals surface area contributed by atoms with Crippen molar-refractivity contribution in [3.8, 4) is 5.75 Å². The molecule has 1 saturated heterocycles. The number of carbonyl (C=O) groups is 2. The van der Waals surface area contributed by atoms with Crippen molar-refractivity contribution in [1.82, 2.24) is 9.80 Å². The number of aliphatic hydroxyl groups excluding tert-OH is 1. The van der Waals surface area contributed by atoms with Gasteiger partial charge in [-0.05, 0) is 61.3 Å². The van der Waals surface area contributed by atoms with Gasteiger partial charge in [0.15, 0.2) is 0 Å². The monoisotopic (exact) mass is 450 g/mol. The van der Waals surface area contributed by atoms with E-state index in [4.69, 9.17) is 4.74 Å². The zero-order chi connectivity index (χ0) is 24.5. The van der Waals surface area contributed by atoms with Gasteiger partial charge in [0.25, 0.3) is 11.7 Å². The van der Waals surface area contributed by atoms with Crippen LogP contribution in [-0.2, 0) is 15.0 Å². The molecule has 1 amide bonds. The molecular weight excluding hydrogens is 416 g/mol. The van der Waals surface area contributed by atoms with Gasteiger partial charge in [-0.25, -0.2) is 0 Å². The normalized spacial score (nSPS) is 18.3.